The van der Waals surface area contributed by atoms with Crippen LogP contribution in [0.3, 0.4) is 0 Å². The Hall–Kier alpha value is -6.98. The van der Waals surface area contributed by atoms with E-state index in [9.17, 15) is 0 Å². The summed E-state index contributed by atoms with van der Waals surface area (Å²) in [7, 11) is 0. The first-order valence-electron chi connectivity index (χ1n) is 20.0. The molecule has 0 saturated carbocycles. The monoisotopic (exact) mass is 980 g/mol. The number of fused-ring (bicyclic) bond motifs is 8. The molecule has 0 radical (unpaired) electrons. The molecule has 7 heteroatoms. The van der Waals surface area contributed by atoms with Crippen molar-refractivity contribution in [2.45, 2.75) is 0 Å². The van der Waals surface area contributed by atoms with Gasteiger partial charge < -0.3 is 19.1 Å². The maximum absolute atomic E-state index is 6.64. The van der Waals surface area contributed by atoms with E-state index in [2.05, 4.69) is 185 Å². The van der Waals surface area contributed by atoms with Crippen LogP contribution in [0.5, 0.6) is 11.5 Å². The maximum Gasteiger partial charge on any atom is 0.135 e. The average Bonchev–Trinajstić information content (AvgIpc) is 3.99. The van der Waals surface area contributed by atoms with Gasteiger partial charge in [-0.1, -0.05) is 133 Å². The number of para-hydroxylation sites is 2. The molecule has 0 spiro atoms. The molecular formula is C54H33N4OPtS-3. The second kappa shape index (κ2) is 15.2. The van der Waals surface area contributed by atoms with Gasteiger partial charge in [0.2, 0.25) is 0 Å². The van der Waals surface area contributed by atoms with E-state index in [0.717, 1.165) is 72.6 Å². The Morgan fingerprint density at radius 1 is 0.508 bits per heavy atom. The zero-order chi connectivity index (χ0) is 39.6. The van der Waals surface area contributed by atoms with Gasteiger partial charge in [0.25, 0.3) is 0 Å². The van der Waals surface area contributed by atoms with Crippen molar-refractivity contribution < 1.29 is 25.8 Å². The molecule has 3 aromatic heterocycles. The van der Waals surface area contributed by atoms with E-state index in [4.69, 9.17) is 9.72 Å². The second-order valence-electron chi connectivity index (χ2n) is 14.8. The fraction of sp³-hybridized carbons (Fsp3) is 0. The van der Waals surface area contributed by atoms with E-state index in [-0.39, 0.29) is 21.1 Å². The minimum Gasteiger partial charge on any atom is -0.509 e. The van der Waals surface area contributed by atoms with E-state index in [1.165, 1.54) is 20.2 Å². The van der Waals surface area contributed by atoms with E-state index >= 15 is 0 Å². The van der Waals surface area contributed by atoms with Gasteiger partial charge in [-0.3, -0.25) is 0 Å². The van der Waals surface area contributed by atoms with Crippen LogP contribution in [0.2, 0.25) is 0 Å². The van der Waals surface area contributed by atoms with Crippen LogP contribution in [0.1, 0.15) is 0 Å². The number of hydrogen-bond donors (Lipinski definition) is 0. The second-order valence-corrected chi connectivity index (χ2v) is 15.9. The quantitative estimate of drug-likeness (QED) is 0.149. The summed E-state index contributed by atoms with van der Waals surface area (Å²) in [5, 5.41) is 4.72. The summed E-state index contributed by atoms with van der Waals surface area (Å²) >= 11 is 1.84. The van der Waals surface area contributed by atoms with Crippen molar-refractivity contribution >= 4 is 76.1 Å². The van der Waals surface area contributed by atoms with Gasteiger partial charge in [-0.2, -0.15) is 12.1 Å². The fourth-order valence-electron chi connectivity index (χ4n) is 8.71. The number of benzene rings is 8. The summed E-state index contributed by atoms with van der Waals surface area (Å²) in [5.74, 6) is 2.02. The molecule has 0 fully saturated rings. The summed E-state index contributed by atoms with van der Waals surface area (Å²) in [6.07, 6.45) is 1.82. The third-order valence-electron chi connectivity index (χ3n) is 11.3. The van der Waals surface area contributed by atoms with Crippen LogP contribution in [0.15, 0.2) is 194 Å². The molecule has 0 bridgehead atoms. The minimum absolute atomic E-state index is 0. The third-order valence-corrected chi connectivity index (χ3v) is 12.5. The van der Waals surface area contributed by atoms with Crippen LogP contribution < -0.4 is 14.5 Å². The van der Waals surface area contributed by atoms with Crippen molar-refractivity contribution in [1.82, 2.24) is 9.55 Å². The zero-order valence-electron chi connectivity index (χ0n) is 32.5. The van der Waals surface area contributed by atoms with Gasteiger partial charge in [0, 0.05) is 82.3 Å². The minimum atomic E-state index is 0. The van der Waals surface area contributed by atoms with E-state index in [1.54, 1.807) is 0 Å². The SMILES string of the molecule is [Pt].[c-]1c(Oc2[c-]c3c(cc2)c2ccccc2n3-c2ccccn2)cccc1N1[CH-]N(c2c(-c3ccccc3)cccc2-c2ccccc2)c2c1ccc1c2sc2ccccc21. The van der Waals surface area contributed by atoms with Gasteiger partial charge in [-0.05, 0) is 46.8 Å². The molecule has 0 aliphatic carbocycles. The first-order chi connectivity index (χ1) is 29.8. The van der Waals surface area contributed by atoms with Gasteiger partial charge >= 0.3 is 0 Å². The largest absolute Gasteiger partial charge is 0.509 e. The first kappa shape index (κ1) is 37.0. The Balaban J connectivity index is 0.00000420. The molecule has 0 atom stereocenters. The molecule has 5 nitrogen and oxygen atoms in total. The van der Waals surface area contributed by atoms with Crippen LogP contribution in [0.4, 0.5) is 22.7 Å². The number of anilines is 4. The summed E-state index contributed by atoms with van der Waals surface area (Å²) in [5.41, 5.74) is 10.7. The molecule has 0 saturated heterocycles. The Kier molecular flexibility index (Phi) is 9.26. The predicted octanol–water partition coefficient (Wildman–Crippen LogP) is 14.7. The maximum atomic E-state index is 6.64. The van der Waals surface area contributed by atoms with E-state index in [0.29, 0.717) is 11.5 Å². The van der Waals surface area contributed by atoms with E-state index in [1.807, 2.05) is 53.9 Å². The molecule has 1 aliphatic rings. The summed E-state index contributed by atoms with van der Waals surface area (Å²) < 4.78 is 11.3. The van der Waals surface area contributed by atoms with Gasteiger partial charge in [0.15, 0.2) is 0 Å². The Labute approximate surface area is 371 Å². The van der Waals surface area contributed by atoms with Crippen LogP contribution in [-0.2, 0) is 21.1 Å². The summed E-state index contributed by atoms with van der Waals surface area (Å²) in [4.78, 5) is 9.34. The number of aromatic nitrogens is 2. The average molecular weight is 981 g/mol. The van der Waals surface area contributed by atoms with Crippen molar-refractivity contribution in [2.24, 2.45) is 0 Å². The summed E-state index contributed by atoms with van der Waals surface area (Å²) in [6.45, 7) is 2.22. The first-order valence-corrected chi connectivity index (χ1v) is 20.8. The number of hydrogen-bond acceptors (Lipinski definition) is 5. The standard InChI is InChI=1S/C54H33N4OS.Pt/c1-3-15-36(16-4-1)41-23-14-24-42(37-17-5-2-6-18-37)52(41)57-35-56(48-31-30-46-45-22-8-10-26-50(45)60-54(46)53(48)57)38-19-13-20-39(33-38)59-40-28-29-44-43-21-7-9-25-47(43)58(49(44)34-40)51-27-11-12-32-55-51;/h1-32,35H;/q-3;. The zero-order valence-corrected chi connectivity index (χ0v) is 35.6. The smallest absolute Gasteiger partial charge is 0.135 e. The molecule has 0 amide bonds. The van der Waals surface area contributed by atoms with Crippen molar-refractivity contribution in [3.8, 4) is 39.6 Å². The molecule has 11 aromatic rings. The third kappa shape index (κ3) is 6.21. The van der Waals surface area contributed by atoms with Gasteiger partial charge in [0.1, 0.15) is 5.82 Å². The Morgan fingerprint density at radius 3 is 1.95 bits per heavy atom. The van der Waals surface area contributed by atoms with Gasteiger partial charge in [-0.15, -0.1) is 59.4 Å². The molecule has 4 heterocycles. The molecule has 8 aromatic carbocycles. The van der Waals surface area contributed by atoms with E-state index < -0.39 is 0 Å². The summed E-state index contributed by atoms with van der Waals surface area (Å²) in [6, 6.07) is 73.0. The molecule has 0 N–H and O–H groups in total. The molecular weight excluding hydrogens is 948 g/mol. The molecule has 1 aliphatic heterocycles. The van der Waals surface area contributed by atoms with Gasteiger partial charge in [-0.25, -0.2) is 4.98 Å². The van der Waals surface area contributed by atoms with Crippen molar-refractivity contribution in [2.75, 3.05) is 9.80 Å². The van der Waals surface area contributed by atoms with Crippen molar-refractivity contribution in [3.63, 3.8) is 0 Å². The molecule has 0 unspecified atom stereocenters. The van der Waals surface area contributed by atoms with Crippen LogP contribution in [0.25, 0.3) is 70.0 Å². The predicted molar refractivity (Wildman–Crippen MR) is 248 cm³/mol. The molecule has 12 rings (SSSR count). The Bertz CT molecular complexity index is 3340. The molecule has 61 heavy (non-hydrogen) atoms. The van der Waals surface area contributed by atoms with Crippen molar-refractivity contribution in [1.29, 1.82) is 0 Å². The van der Waals surface area contributed by atoms with Crippen molar-refractivity contribution in [3.05, 3.63) is 213 Å². The number of nitrogens with zero attached hydrogens (tertiary/aromatic N) is 4. The normalized spacial score (nSPS) is 12.3. The van der Waals surface area contributed by atoms with Crippen LogP contribution in [0, 0.1) is 18.8 Å². The number of pyridine rings is 1. The Morgan fingerprint density at radius 2 is 1.18 bits per heavy atom. The van der Waals surface area contributed by atoms with Gasteiger partial charge in [0.05, 0.1) is 10.4 Å². The topological polar surface area (TPSA) is 33.5 Å². The number of thiophene rings is 1. The van der Waals surface area contributed by atoms with Crippen LogP contribution >= 0.6 is 11.3 Å². The number of ether oxygens (including phenoxy) is 1. The van der Waals surface area contributed by atoms with Crippen LogP contribution in [-0.4, -0.2) is 9.55 Å². The fourth-order valence-corrected chi connectivity index (χ4v) is 9.95. The molecule has 294 valence electrons. The number of rotatable bonds is 7.